The third-order valence-corrected chi connectivity index (χ3v) is 7.25. The Morgan fingerprint density at radius 3 is 1.27 bits per heavy atom. The molecule has 4 aromatic carbocycles. The molecule has 44 heavy (non-hydrogen) atoms. The maximum absolute atomic E-state index is 8.00. The van der Waals surface area contributed by atoms with Crippen LogP contribution in [0.1, 0.15) is 0 Å². The molecular formula is C37H28N6O. The van der Waals surface area contributed by atoms with E-state index in [1.165, 1.54) is 10.8 Å². The summed E-state index contributed by atoms with van der Waals surface area (Å²) in [6, 6.07) is 40.9. The molecule has 0 saturated heterocycles. The van der Waals surface area contributed by atoms with Crippen LogP contribution < -0.4 is 0 Å². The minimum absolute atomic E-state index is 0.887. The van der Waals surface area contributed by atoms with Crippen LogP contribution in [-0.2, 0) is 4.79 Å². The van der Waals surface area contributed by atoms with Gasteiger partial charge in [0.05, 0.1) is 23.8 Å². The minimum atomic E-state index is 0.887. The topological polar surface area (TPSA) is 100 Å². The Kier molecular flexibility index (Phi) is 8.37. The van der Waals surface area contributed by atoms with E-state index in [0.29, 0.717) is 0 Å². The second kappa shape index (κ2) is 13.2. The van der Waals surface area contributed by atoms with E-state index in [1.807, 2.05) is 117 Å². The molecular weight excluding hydrogens is 544 g/mol. The molecule has 0 amide bonds. The van der Waals surface area contributed by atoms with Gasteiger partial charge in [-0.3, -0.25) is 0 Å². The second-order valence-corrected chi connectivity index (χ2v) is 9.89. The van der Waals surface area contributed by atoms with Crippen LogP contribution in [0.3, 0.4) is 0 Å². The summed E-state index contributed by atoms with van der Waals surface area (Å²) in [6.07, 6.45) is 7.66. The first-order valence-corrected chi connectivity index (χ1v) is 14.0. The number of nitrogens with one attached hydrogen (secondary N) is 2. The number of H-pyrrole nitrogens is 2. The summed E-state index contributed by atoms with van der Waals surface area (Å²) in [6.45, 7) is 2.00. The zero-order chi connectivity index (χ0) is 30.1. The van der Waals surface area contributed by atoms with Gasteiger partial charge in [0.2, 0.25) is 0 Å². The highest BCUT2D eigenvalue weighted by Gasteiger charge is 2.09. The van der Waals surface area contributed by atoms with Gasteiger partial charge in [0.25, 0.3) is 0 Å². The van der Waals surface area contributed by atoms with Crippen LogP contribution >= 0.6 is 0 Å². The summed E-state index contributed by atoms with van der Waals surface area (Å²) >= 11 is 0. The number of carbonyl (C=O) groups excluding carboxylic acids is 1. The van der Waals surface area contributed by atoms with Crippen molar-refractivity contribution >= 4 is 28.6 Å². The molecule has 8 rings (SSSR count). The second-order valence-electron chi connectivity index (χ2n) is 9.89. The first-order valence-electron chi connectivity index (χ1n) is 14.0. The summed E-state index contributed by atoms with van der Waals surface area (Å²) in [5.74, 6) is 0. The van der Waals surface area contributed by atoms with Gasteiger partial charge in [-0.05, 0) is 24.3 Å². The number of benzene rings is 4. The van der Waals surface area contributed by atoms with Crippen molar-refractivity contribution in [2.24, 2.45) is 0 Å². The molecule has 0 atom stereocenters. The van der Waals surface area contributed by atoms with E-state index in [-0.39, 0.29) is 0 Å². The number of hydrogen-bond donors (Lipinski definition) is 2. The lowest BCUT2D eigenvalue weighted by atomic mass is 10.0. The first-order chi connectivity index (χ1) is 21.8. The average molecular weight is 573 g/mol. The van der Waals surface area contributed by atoms with Crippen LogP contribution in [-0.4, -0.2) is 37.2 Å². The fourth-order valence-electron chi connectivity index (χ4n) is 5.15. The first kappa shape index (κ1) is 27.9. The molecule has 212 valence electrons. The highest BCUT2D eigenvalue weighted by molar-refractivity contribution is 5.96. The van der Waals surface area contributed by atoms with Crippen molar-refractivity contribution < 1.29 is 4.79 Å². The van der Waals surface area contributed by atoms with Crippen LogP contribution in [0, 0.1) is 0 Å². The molecule has 0 fully saturated rings. The van der Waals surface area contributed by atoms with Crippen molar-refractivity contribution in [3.05, 3.63) is 146 Å². The molecule has 0 unspecified atom stereocenters. The number of fused-ring (bicyclic) bond motifs is 2. The highest BCUT2D eigenvalue weighted by Crippen LogP contribution is 2.31. The Labute approximate surface area is 254 Å². The van der Waals surface area contributed by atoms with Gasteiger partial charge in [0, 0.05) is 67.6 Å². The van der Waals surface area contributed by atoms with Crippen LogP contribution in [0.2, 0.25) is 0 Å². The van der Waals surface area contributed by atoms with Crippen LogP contribution in [0.4, 0.5) is 0 Å². The van der Waals surface area contributed by atoms with Crippen molar-refractivity contribution in [1.29, 1.82) is 0 Å². The van der Waals surface area contributed by atoms with Gasteiger partial charge < -0.3 is 14.8 Å². The molecule has 8 aromatic rings. The summed E-state index contributed by atoms with van der Waals surface area (Å²) in [4.78, 5) is 14.6. The smallest absolute Gasteiger partial charge is 0.106 e. The van der Waals surface area contributed by atoms with Crippen molar-refractivity contribution in [2.75, 3.05) is 0 Å². The number of nitrogens with zero attached hydrogens (tertiary/aromatic N) is 4. The van der Waals surface area contributed by atoms with E-state index in [9.17, 15) is 0 Å². The van der Waals surface area contributed by atoms with Gasteiger partial charge in [-0.15, -0.1) is 0 Å². The number of rotatable bonds is 4. The molecule has 7 nitrogen and oxygen atoms in total. The molecule has 4 aromatic heterocycles. The summed E-state index contributed by atoms with van der Waals surface area (Å²) in [5.41, 5.74) is 10.6. The molecule has 0 radical (unpaired) electrons. The minimum Gasteiger partial charge on any atom is -0.361 e. The van der Waals surface area contributed by atoms with Gasteiger partial charge in [-0.2, -0.15) is 20.4 Å². The standard InChI is InChI=1S/2C18H13N3.CH2O/c2*1-2-6-13(7-3-1)18-10-14(11-20-21-18)16-12-19-17-9-5-4-8-15(16)17;1-2/h2*1-12,19H;1H2. The van der Waals surface area contributed by atoms with Crippen LogP contribution in [0.15, 0.2) is 146 Å². The summed E-state index contributed by atoms with van der Waals surface area (Å²) in [7, 11) is 0. The Balaban J connectivity index is 0.000000148. The maximum Gasteiger partial charge on any atom is 0.106 e. The zero-order valence-corrected chi connectivity index (χ0v) is 23.8. The van der Waals surface area contributed by atoms with Gasteiger partial charge in [-0.1, -0.05) is 97.1 Å². The molecule has 4 heterocycles. The Hall–Kier alpha value is -6.21. The fourth-order valence-corrected chi connectivity index (χ4v) is 5.15. The van der Waals surface area contributed by atoms with E-state index in [1.54, 1.807) is 0 Å². The molecule has 2 N–H and O–H groups in total. The molecule has 0 aliphatic carbocycles. The van der Waals surface area contributed by atoms with E-state index < -0.39 is 0 Å². The number of hydrogen-bond acceptors (Lipinski definition) is 5. The van der Waals surface area contributed by atoms with Crippen molar-refractivity contribution in [3.63, 3.8) is 0 Å². The molecule has 0 aliphatic rings. The average Bonchev–Trinajstić information content (AvgIpc) is 3.76. The Morgan fingerprint density at radius 1 is 0.455 bits per heavy atom. The van der Waals surface area contributed by atoms with E-state index in [2.05, 4.69) is 66.8 Å². The third-order valence-electron chi connectivity index (χ3n) is 7.25. The lowest BCUT2D eigenvalue weighted by Crippen LogP contribution is -1.88. The molecule has 0 spiro atoms. The Morgan fingerprint density at radius 2 is 0.841 bits per heavy atom. The summed E-state index contributed by atoms with van der Waals surface area (Å²) in [5, 5.41) is 19.2. The predicted molar refractivity (Wildman–Crippen MR) is 177 cm³/mol. The van der Waals surface area contributed by atoms with E-state index >= 15 is 0 Å². The summed E-state index contributed by atoms with van der Waals surface area (Å²) < 4.78 is 0. The lowest BCUT2D eigenvalue weighted by Gasteiger charge is -2.03. The quantitative estimate of drug-likeness (QED) is 0.221. The van der Waals surface area contributed by atoms with Gasteiger partial charge in [0.1, 0.15) is 6.79 Å². The van der Waals surface area contributed by atoms with E-state index in [4.69, 9.17) is 4.79 Å². The van der Waals surface area contributed by atoms with Crippen molar-refractivity contribution in [1.82, 2.24) is 30.4 Å². The number of carbonyl (C=O) groups is 1. The Bertz CT molecular complexity index is 1970. The normalized spacial score (nSPS) is 10.5. The number of aromatic nitrogens is 6. The maximum atomic E-state index is 8.00. The number of aromatic amines is 2. The monoisotopic (exact) mass is 572 g/mol. The molecule has 7 heteroatoms. The van der Waals surface area contributed by atoms with E-state index in [0.717, 1.165) is 55.8 Å². The predicted octanol–water partition coefficient (Wildman–Crippen LogP) is 8.40. The SMILES string of the molecule is C=O.c1ccc(-c2cc(-c3c[nH]c4ccccc34)cnn2)cc1.c1ccc(-c2cc(-c3c[nH]c4ccccc34)cnn2)cc1. The van der Waals surface area contributed by atoms with Crippen LogP contribution in [0.5, 0.6) is 0 Å². The van der Waals surface area contributed by atoms with Crippen LogP contribution in [0.25, 0.3) is 66.6 Å². The molecule has 0 bridgehead atoms. The lowest BCUT2D eigenvalue weighted by molar-refractivity contribution is -0.0980. The van der Waals surface area contributed by atoms with Gasteiger partial charge in [0.15, 0.2) is 0 Å². The zero-order valence-electron chi connectivity index (χ0n) is 23.8. The van der Waals surface area contributed by atoms with Gasteiger partial charge in [-0.25, -0.2) is 0 Å². The largest absolute Gasteiger partial charge is 0.361 e. The molecule has 0 aliphatic heterocycles. The fraction of sp³-hybridized carbons (Fsp3) is 0. The van der Waals surface area contributed by atoms with Crippen molar-refractivity contribution in [2.45, 2.75) is 0 Å². The van der Waals surface area contributed by atoms with Gasteiger partial charge >= 0.3 is 0 Å². The molecule has 0 saturated carbocycles. The highest BCUT2D eigenvalue weighted by atomic mass is 16.1. The number of para-hydroxylation sites is 2. The third kappa shape index (κ3) is 5.89. The van der Waals surface area contributed by atoms with Crippen molar-refractivity contribution in [3.8, 4) is 44.8 Å².